The average Bonchev–Trinajstić information content (AvgIpc) is 2.60. The topological polar surface area (TPSA) is 38.8 Å². The molecule has 0 aliphatic carbocycles. The molecule has 5 heteroatoms. The smallest absolute Gasteiger partial charge is 0.254 e. The zero-order valence-corrected chi connectivity index (χ0v) is 14.5. The van der Waals surface area contributed by atoms with Gasteiger partial charge in [-0.15, -0.1) is 0 Å². The number of fused-ring (bicyclic) bond motifs is 1. The molecular formula is C18H18BrNO3. The van der Waals surface area contributed by atoms with Crippen molar-refractivity contribution in [2.24, 2.45) is 0 Å². The van der Waals surface area contributed by atoms with E-state index in [4.69, 9.17) is 9.47 Å². The van der Waals surface area contributed by atoms with Crippen LogP contribution in [0.15, 0.2) is 46.9 Å². The number of amides is 1. The van der Waals surface area contributed by atoms with Crippen molar-refractivity contribution in [2.75, 3.05) is 19.8 Å². The summed E-state index contributed by atoms with van der Waals surface area (Å²) in [4.78, 5) is 14.5. The first-order valence-electron chi connectivity index (χ1n) is 7.61. The molecule has 3 rings (SSSR count). The molecule has 0 aromatic heterocycles. The van der Waals surface area contributed by atoms with Crippen molar-refractivity contribution in [3.05, 3.63) is 58.1 Å². The van der Waals surface area contributed by atoms with E-state index in [2.05, 4.69) is 15.9 Å². The van der Waals surface area contributed by atoms with Gasteiger partial charge >= 0.3 is 0 Å². The number of carbonyl (C=O) groups excluding carboxylic acids is 1. The fourth-order valence-electron chi connectivity index (χ4n) is 2.57. The second kappa shape index (κ2) is 7.04. The van der Waals surface area contributed by atoms with Gasteiger partial charge in [-0.2, -0.15) is 0 Å². The molecule has 1 aliphatic heterocycles. The molecule has 23 heavy (non-hydrogen) atoms. The van der Waals surface area contributed by atoms with Crippen molar-refractivity contribution in [3.63, 3.8) is 0 Å². The molecule has 1 amide bonds. The van der Waals surface area contributed by atoms with E-state index >= 15 is 0 Å². The predicted octanol–water partition coefficient (Wildman–Crippen LogP) is 3.88. The summed E-state index contributed by atoms with van der Waals surface area (Å²) in [5, 5.41) is 0. The van der Waals surface area contributed by atoms with Crippen molar-refractivity contribution in [3.8, 4) is 11.5 Å². The van der Waals surface area contributed by atoms with Gasteiger partial charge in [0.1, 0.15) is 13.2 Å². The molecule has 0 radical (unpaired) electrons. The average molecular weight is 376 g/mol. The maximum atomic E-state index is 12.7. The number of nitrogens with zero attached hydrogens (tertiary/aromatic N) is 1. The number of rotatable bonds is 4. The Balaban J connectivity index is 1.82. The number of benzene rings is 2. The molecular weight excluding hydrogens is 358 g/mol. The van der Waals surface area contributed by atoms with E-state index < -0.39 is 0 Å². The molecule has 1 aliphatic rings. The minimum Gasteiger partial charge on any atom is -0.486 e. The molecule has 2 aromatic rings. The third-order valence-corrected chi connectivity index (χ3v) is 4.30. The van der Waals surface area contributed by atoms with Gasteiger partial charge < -0.3 is 14.4 Å². The lowest BCUT2D eigenvalue weighted by Crippen LogP contribution is -2.30. The monoisotopic (exact) mass is 375 g/mol. The Bertz CT molecular complexity index is 700. The maximum absolute atomic E-state index is 12.7. The SMILES string of the molecule is CCN(Cc1cccc2c1OCCO2)C(=O)c1ccc(Br)cc1. The van der Waals surface area contributed by atoms with Gasteiger partial charge in [0.2, 0.25) is 0 Å². The highest BCUT2D eigenvalue weighted by Crippen LogP contribution is 2.34. The van der Waals surface area contributed by atoms with Crippen molar-refractivity contribution in [2.45, 2.75) is 13.5 Å². The molecule has 0 N–H and O–H groups in total. The quantitative estimate of drug-likeness (QED) is 0.813. The minimum absolute atomic E-state index is 0.00864. The van der Waals surface area contributed by atoms with Gasteiger partial charge in [0, 0.05) is 28.7 Å². The number of ether oxygens (including phenoxy) is 2. The Labute approximate surface area is 144 Å². The van der Waals surface area contributed by atoms with Crippen molar-refractivity contribution in [1.29, 1.82) is 0 Å². The first kappa shape index (κ1) is 15.9. The van der Waals surface area contributed by atoms with Crippen LogP contribution in [0.25, 0.3) is 0 Å². The van der Waals surface area contributed by atoms with Gasteiger partial charge in [-0.1, -0.05) is 28.1 Å². The molecule has 4 nitrogen and oxygen atoms in total. The normalized spacial score (nSPS) is 12.8. The molecule has 0 unspecified atom stereocenters. The first-order valence-corrected chi connectivity index (χ1v) is 8.40. The second-order valence-electron chi connectivity index (χ2n) is 5.27. The van der Waals surface area contributed by atoms with Crippen LogP contribution in [0, 0.1) is 0 Å². The highest BCUT2D eigenvalue weighted by Gasteiger charge is 2.20. The standard InChI is InChI=1S/C18H18BrNO3/c1-2-20(18(21)13-6-8-15(19)9-7-13)12-14-4-3-5-16-17(14)23-11-10-22-16/h3-9H,2,10-12H2,1H3. The molecule has 0 saturated carbocycles. The molecule has 2 aromatic carbocycles. The Hall–Kier alpha value is -2.01. The van der Waals surface area contributed by atoms with Gasteiger partial charge in [0.15, 0.2) is 11.5 Å². The zero-order chi connectivity index (χ0) is 16.2. The fourth-order valence-corrected chi connectivity index (χ4v) is 2.83. The number of carbonyl (C=O) groups is 1. The summed E-state index contributed by atoms with van der Waals surface area (Å²) < 4.78 is 12.3. The summed E-state index contributed by atoms with van der Waals surface area (Å²) in [6, 6.07) is 13.2. The van der Waals surface area contributed by atoms with Crippen LogP contribution in [0.3, 0.4) is 0 Å². The van der Waals surface area contributed by atoms with Gasteiger partial charge in [-0.05, 0) is 37.3 Å². The largest absolute Gasteiger partial charge is 0.486 e. The van der Waals surface area contributed by atoms with Crippen molar-refractivity contribution in [1.82, 2.24) is 4.90 Å². The zero-order valence-electron chi connectivity index (χ0n) is 12.9. The van der Waals surface area contributed by atoms with Gasteiger partial charge in [-0.25, -0.2) is 0 Å². The van der Waals surface area contributed by atoms with Crippen LogP contribution in [0.1, 0.15) is 22.8 Å². The van der Waals surface area contributed by atoms with E-state index in [0.29, 0.717) is 31.9 Å². The lowest BCUT2D eigenvalue weighted by atomic mass is 10.1. The minimum atomic E-state index is 0.00864. The van der Waals surface area contributed by atoms with E-state index in [1.165, 1.54) is 0 Å². The maximum Gasteiger partial charge on any atom is 0.254 e. The highest BCUT2D eigenvalue weighted by molar-refractivity contribution is 9.10. The van der Waals surface area contributed by atoms with E-state index in [1.807, 2.05) is 49.4 Å². The molecule has 0 saturated heterocycles. The first-order chi connectivity index (χ1) is 11.2. The van der Waals surface area contributed by atoms with Crippen molar-refractivity contribution >= 4 is 21.8 Å². The Morgan fingerprint density at radius 1 is 1.13 bits per heavy atom. The number of halogens is 1. The summed E-state index contributed by atoms with van der Waals surface area (Å²) >= 11 is 3.39. The molecule has 1 heterocycles. The summed E-state index contributed by atoms with van der Waals surface area (Å²) in [6.07, 6.45) is 0. The third kappa shape index (κ3) is 3.50. The number of para-hydroxylation sites is 1. The van der Waals surface area contributed by atoms with Gasteiger partial charge in [-0.3, -0.25) is 4.79 Å². The number of hydrogen-bond donors (Lipinski definition) is 0. The van der Waals surface area contributed by atoms with E-state index in [9.17, 15) is 4.79 Å². The Kier molecular flexibility index (Phi) is 4.86. The van der Waals surface area contributed by atoms with Crippen LogP contribution in [0.2, 0.25) is 0 Å². The fraction of sp³-hybridized carbons (Fsp3) is 0.278. The molecule has 120 valence electrons. The van der Waals surface area contributed by atoms with Crippen LogP contribution in [0.4, 0.5) is 0 Å². The van der Waals surface area contributed by atoms with Crippen LogP contribution >= 0.6 is 15.9 Å². The Morgan fingerprint density at radius 2 is 1.87 bits per heavy atom. The van der Waals surface area contributed by atoms with Crippen molar-refractivity contribution < 1.29 is 14.3 Å². The summed E-state index contributed by atoms with van der Waals surface area (Å²) in [5.41, 5.74) is 1.64. The number of hydrogen-bond acceptors (Lipinski definition) is 3. The van der Waals surface area contributed by atoms with Gasteiger partial charge in [0.05, 0.1) is 0 Å². The van der Waals surface area contributed by atoms with Crippen LogP contribution < -0.4 is 9.47 Å². The van der Waals surface area contributed by atoms with E-state index in [1.54, 1.807) is 4.90 Å². The predicted molar refractivity (Wildman–Crippen MR) is 92.0 cm³/mol. The Morgan fingerprint density at radius 3 is 2.61 bits per heavy atom. The molecule has 0 spiro atoms. The summed E-state index contributed by atoms with van der Waals surface area (Å²) in [7, 11) is 0. The molecule has 0 atom stereocenters. The van der Waals surface area contributed by atoms with Crippen LogP contribution in [-0.2, 0) is 6.54 Å². The second-order valence-corrected chi connectivity index (χ2v) is 6.18. The van der Waals surface area contributed by atoms with Crippen LogP contribution in [-0.4, -0.2) is 30.6 Å². The summed E-state index contributed by atoms with van der Waals surface area (Å²) in [6.45, 7) is 4.20. The molecule has 0 fully saturated rings. The van der Waals surface area contributed by atoms with E-state index in [-0.39, 0.29) is 5.91 Å². The lowest BCUT2D eigenvalue weighted by Gasteiger charge is -2.25. The van der Waals surface area contributed by atoms with Crippen LogP contribution in [0.5, 0.6) is 11.5 Å². The lowest BCUT2D eigenvalue weighted by molar-refractivity contribution is 0.0749. The summed E-state index contributed by atoms with van der Waals surface area (Å²) in [5.74, 6) is 1.51. The molecule has 0 bridgehead atoms. The van der Waals surface area contributed by atoms with E-state index in [0.717, 1.165) is 21.5 Å². The van der Waals surface area contributed by atoms with Gasteiger partial charge in [0.25, 0.3) is 5.91 Å². The highest BCUT2D eigenvalue weighted by atomic mass is 79.9. The third-order valence-electron chi connectivity index (χ3n) is 3.77.